The van der Waals surface area contributed by atoms with Gasteiger partial charge in [-0.15, -0.1) is 0 Å². The van der Waals surface area contributed by atoms with E-state index in [9.17, 15) is 0 Å². The van der Waals surface area contributed by atoms with Gasteiger partial charge < -0.3 is 5.32 Å². The van der Waals surface area contributed by atoms with Crippen molar-refractivity contribution in [3.8, 4) is 0 Å². The first-order valence-corrected chi connectivity index (χ1v) is 6.22. The number of hydrogen-bond donors (Lipinski definition) is 1. The molecule has 1 heteroatoms. The lowest BCUT2D eigenvalue weighted by atomic mass is 9.73. The minimum Gasteiger partial charge on any atom is -0.307 e. The van der Waals surface area contributed by atoms with Gasteiger partial charge in [0.15, 0.2) is 0 Å². The maximum absolute atomic E-state index is 3.73. The summed E-state index contributed by atoms with van der Waals surface area (Å²) in [4.78, 5) is 0. The Hall–Kier alpha value is -0.820. The molecule has 0 bridgehead atoms. The normalized spacial score (nSPS) is 24.2. The molecular formula is C15H23N. The highest BCUT2D eigenvalue weighted by atomic mass is 15.0. The standard InChI is InChI=1S/C15H23N/c1-14(2)10-13(11-15(3,4)16-14)12-8-6-5-7-9-12/h5-9,13,16H,10-11H2,1-4H3. The monoisotopic (exact) mass is 217 g/mol. The zero-order valence-corrected chi connectivity index (χ0v) is 10.9. The number of piperidine rings is 1. The molecule has 1 nitrogen and oxygen atoms in total. The predicted octanol–water partition coefficient (Wildman–Crippen LogP) is 3.71. The fourth-order valence-electron chi connectivity index (χ4n) is 3.28. The molecule has 1 N–H and O–H groups in total. The Balaban J connectivity index is 2.23. The minimum absolute atomic E-state index is 0.238. The van der Waals surface area contributed by atoms with E-state index in [2.05, 4.69) is 63.3 Å². The summed E-state index contributed by atoms with van der Waals surface area (Å²) in [5.41, 5.74) is 1.97. The van der Waals surface area contributed by atoms with E-state index in [1.54, 1.807) is 0 Å². The molecule has 0 atom stereocenters. The van der Waals surface area contributed by atoms with E-state index >= 15 is 0 Å². The van der Waals surface area contributed by atoms with Gasteiger partial charge in [0.05, 0.1) is 0 Å². The SMILES string of the molecule is CC1(C)CC(c2ccccc2)CC(C)(C)N1. The molecule has 0 aromatic heterocycles. The molecule has 0 radical (unpaired) electrons. The summed E-state index contributed by atoms with van der Waals surface area (Å²) in [6, 6.07) is 10.9. The van der Waals surface area contributed by atoms with Gasteiger partial charge in [-0.05, 0) is 52.0 Å². The van der Waals surface area contributed by atoms with E-state index in [1.807, 2.05) is 0 Å². The van der Waals surface area contributed by atoms with Gasteiger partial charge in [0, 0.05) is 11.1 Å². The van der Waals surface area contributed by atoms with Crippen LogP contribution in [0.25, 0.3) is 0 Å². The smallest absolute Gasteiger partial charge is 0.0135 e. The van der Waals surface area contributed by atoms with Crippen molar-refractivity contribution < 1.29 is 0 Å². The van der Waals surface area contributed by atoms with Crippen LogP contribution in [0.3, 0.4) is 0 Å². The van der Waals surface area contributed by atoms with Crippen LogP contribution in [0.2, 0.25) is 0 Å². The van der Waals surface area contributed by atoms with Crippen LogP contribution in [0, 0.1) is 0 Å². The summed E-state index contributed by atoms with van der Waals surface area (Å²) in [6.07, 6.45) is 2.45. The van der Waals surface area contributed by atoms with Crippen molar-refractivity contribution in [2.45, 2.75) is 57.5 Å². The molecule has 1 aromatic rings. The molecule has 0 aliphatic carbocycles. The van der Waals surface area contributed by atoms with Crippen molar-refractivity contribution in [3.05, 3.63) is 35.9 Å². The van der Waals surface area contributed by atoms with Crippen LogP contribution in [-0.2, 0) is 0 Å². The van der Waals surface area contributed by atoms with Crippen LogP contribution in [-0.4, -0.2) is 11.1 Å². The largest absolute Gasteiger partial charge is 0.307 e. The van der Waals surface area contributed by atoms with Crippen molar-refractivity contribution >= 4 is 0 Å². The molecule has 1 aliphatic heterocycles. The Kier molecular flexibility index (Phi) is 2.83. The lowest BCUT2D eigenvalue weighted by Crippen LogP contribution is -2.57. The van der Waals surface area contributed by atoms with Crippen LogP contribution in [0.5, 0.6) is 0 Å². The summed E-state index contributed by atoms with van der Waals surface area (Å²) in [5, 5.41) is 3.73. The molecule has 1 saturated heterocycles. The van der Waals surface area contributed by atoms with Gasteiger partial charge in [-0.2, -0.15) is 0 Å². The minimum atomic E-state index is 0.238. The third-order valence-corrected chi connectivity index (χ3v) is 3.46. The first-order valence-electron chi connectivity index (χ1n) is 6.22. The quantitative estimate of drug-likeness (QED) is 0.756. The zero-order chi connectivity index (χ0) is 11.8. The van der Waals surface area contributed by atoms with Crippen LogP contribution in [0.4, 0.5) is 0 Å². The van der Waals surface area contributed by atoms with Gasteiger partial charge in [0.25, 0.3) is 0 Å². The van der Waals surface area contributed by atoms with Crippen molar-refractivity contribution in [3.63, 3.8) is 0 Å². The Morgan fingerprint density at radius 2 is 1.44 bits per heavy atom. The topological polar surface area (TPSA) is 12.0 Å². The number of benzene rings is 1. The van der Waals surface area contributed by atoms with Crippen LogP contribution in [0.15, 0.2) is 30.3 Å². The summed E-state index contributed by atoms with van der Waals surface area (Å²) in [7, 11) is 0. The molecule has 1 aliphatic rings. The van der Waals surface area contributed by atoms with Gasteiger partial charge in [-0.3, -0.25) is 0 Å². The maximum atomic E-state index is 3.73. The van der Waals surface area contributed by atoms with E-state index in [0.29, 0.717) is 5.92 Å². The molecule has 1 heterocycles. The first-order chi connectivity index (χ1) is 7.38. The first kappa shape index (κ1) is 11.7. The Labute approximate surface area is 99.3 Å². The molecule has 0 amide bonds. The van der Waals surface area contributed by atoms with E-state index in [1.165, 1.54) is 18.4 Å². The summed E-state index contributed by atoms with van der Waals surface area (Å²) >= 11 is 0. The molecule has 88 valence electrons. The van der Waals surface area contributed by atoms with Crippen molar-refractivity contribution in [2.75, 3.05) is 0 Å². The van der Waals surface area contributed by atoms with E-state index < -0.39 is 0 Å². The van der Waals surface area contributed by atoms with E-state index in [0.717, 1.165) is 0 Å². The average molecular weight is 217 g/mol. The van der Waals surface area contributed by atoms with Crippen LogP contribution < -0.4 is 5.32 Å². The third-order valence-electron chi connectivity index (χ3n) is 3.46. The number of rotatable bonds is 1. The number of hydrogen-bond acceptors (Lipinski definition) is 1. The number of nitrogens with one attached hydrogen (secondary N) is 1. The second-order valence-electron chi connectivity index (χ2n) is 6.41. The fourth-order valence-corrected chi connectivity index (χ4v) is 3.28. The summed E-state index contributed by atoms with van der Waals surface area (Å²) in [6.45, 7) is 9.24. The van der Waals surface area contributed by atoms with Gasteiger partial charge in [-0.1, -0.05) is 30.3 Å². The molecule has 0 spiro atoms. The second kappa shape index (κ2) is 3.89. The van der Waals surface area contributed by atoms with E-state index in [-0.39, 0.29) is 11.1 Å². The van der Waals surface area contributed by atoms with Crippen molar-refractivity contribution in [1.82, 2.24) is 5.32 Å². The van der Waals surface area contributed by atoms with Gasteiger partial charge in [0.1, 0.15) is 0 Å². The molecule has 16 heavy (non-hydrogen) atoms. The lowest BCUT2D eigenvalue weighted by Gasteiger charge is -2.46. The molecule has 1 fully saturated rings. The summed E-state index contributed by atoms with van der Waals surface area (Å²) < 4.78 is 0. The fraction of sp³-hybridized carbons (Fsp3) is 0.600. The summed E-state index contributed by atoms with van der Waals surface area (Å²) in [5.74, 6) is 0.687. The average Bonchev–Trinajstić information content (AvgIpc) is 2.14. The van der Waals surface area contributed by atoms with Gasteiger partial charge in [-0.25, -0.2) is 0 Å². The van der Waals surface area contributed by atoms with Gasteiger partial charge in [0.2, 0.25) is 0 Å². The van der Waals surface area contributed by atoms with Crippen LogP contribution in [0.1, 0.15) is 52.0 Å². The van der Waals surface area contributed by atoms with Crippen molar-refractivity contribution in [1.29, 1.82) is 0 Å². The molecular weight excluding hydrogens is 194 g/mol. The molecule has 0 saturated carbocycles. The highest BCUT2D eigenvalue weighted by Gasteiger charge is 2.37. The Morgan fingerprint density at radius 1 is 0.938 bits per heavy atom. The maximum Gasteiger partial charge on any atom is 0.0135 e. The lowest BCUT2D eigenvalue weighted by molar-refractivity contribution is 0.162. The third kappa shape index (κ3) is 2.65. The van der Waals surface area contributed by atoms with E-state index in [4.69, 9.17) is 0 Å². The molecule has 2 rings (SSSR count). The predicted molar refractivity (Wildman–Crippen MR) is 69.7 cm³/mol. The Bertz CT molecular complexity index is 335. The van der Waals surface area contributed by atoms with Gasteiger partial charge >= 0.3 is 0 Å². The highest BCUT2D eigenvalue weighted by molar-refractivity contribution is 5.22. The molecule has 1 aromatic carbocycles. The van der Waals surface area contributed by atoms with Crippen molar-refractivity contribution in [2.24, 2.45) is 0 Å². The Morgan fingerprint density at radius 3 is 1.94 bits per heavy atom. The highest BCUT2D eigenvalue weighted by Crippen LogP contribution is 2.38. The van der Waals surface area contributed by atoms with Crippen LogP contribution >= 0.6 is 0 Å². The second-order valence-corrected chi connectivity index (χ2v) is 6.41. The molecule has 0 unspecified atom stereocenters. The zero-order valence-electron chi connectivity index (χ0n) is 10.9.